The summed E-state index contributed by atoms with van der Waals surface area (Å²) >= 11 is 0. The maximum absolute atomic E-state index is 13.0. The van der Waals surface area contributed by atoms with Crippen LogP contribution in [0.3, 0.4) is 0 Å². The SMILES string of the molecule is O=C1c2cc3c(cc2CC1CC1CCN(Cc2ccccc2)CC1)OCCO3. The Morgan fingerprint density at radius 3 is 2.43 bits per heavy atom. The number of Topliss-reactive ketones (excluding diaryl/α,β-unsaturated/α-hetero) is 1. The molecule has 2 aromatic carbocycles. The molecule has 0 radical (unpaired) electrons. The summed E-state index contributed by atoms with van der Waals surface area (Å²) in [6, 6.07) is 14.6. The molecule has 5 rings (SSSR count). The number of rotatable bonds is 4. The van der Waals surface area contributed by atoms with Gasteiger partial charge in [-0.3, -0.25) is 9.69 Å². The van der Waals surface area contributed by atoms with Crippen molar-refractivity contribution >= 4 is 5.78 Å². The number of piperidine rings is 1. The van der Waals surface area contributed by atoms with E-state index >= 15 is 0 Å². The molecule has 1 atom stereocenters. The van der Waals surface area contributed by atoms with Crippen LogP contribution in [-0.2, 0) is 13.0 Å². The predicted molar refractivity (Wildman–Crippen MR) is 108 cm³/mol. The molecule has 1 aliphatic carbocycles. The summed E-state index contributed by atoms with van der Waals surface area (Å²) in [5.41, 5.74) is 3.38. The molecule has 0 saturated carbocycles. The smallest absolute Gasteiger partial charge is 0.166 e. The fraction of sp³-hybridized carbons (Fsp3) is 0.458. The van der Waals surface area contributed by atoms with Crippen molar-refractivity contribution < 1.29 is 14.3 Å². The van der Waals surface area contributed by atoms with E-state index in [1.54, 1.807) is 0 Å². The van der Waals surface area contributed by atoms with Crippen LogP contribution in [-0.4, -0.2) is 37.0 Å². The third kappa shape index (κ3) is 3.53. The number of nitrogens with zero attached hydrogens (tertiary/aromatic N) is 1. The van der Waals surface area contributed by atoms with Crippen molar-refractivity contribution in [2.24, 2.45) is 11.8 Å². The molecule has 3 aliphatic rings. The quantitative estimate of drug-likeness (QED) is 0.804. The van der Waals surface area contributed by atoms with E-state index in [4.69, 9.17) is 9.47 Å². The van der Waals surface area contributed by atoms with Gasteiger partial charge >= 0.3 is 0 Å². The van der Waals surface area contributed by atoms with Crippen molar-refractivity contribution in [3.05, 3.63) is 59.2 Å². The molecule has 2 heterocycles. The van der Waals surface area contributed by atoms with Crippen LogP contribution in [0.2, 0.25) is 0 Å². The number of fused-ring (bicyclic) bond motifs is 2. The Morgan fingerprint density at radius 2 is 1.68 bits per heavy atom. The molecule has 2 aromatic rings. The molecule has 4 heteroatoms. The van der Waals surface area contributed by atoms with Gasteiger partial charge in [0.25, 0.3) is 0 Å². The summed E-state index contributed by atoms with van der Waals surface area (Å²) in [4.78, 5) is 15.5. The fourth-order valence-corrected chi connectivity index (χ4v) is 4.92. The molecular formula is C24H27NO3. The van der Waals surface area contributed by atoms with Gasteiger partial charge in [-0.15, -0.1) is 0 Å². The van der Waals surface area contributed by atoms with Gasteiger partial charge < -0.3 is 9.47 Å². The molecule has 1 unspecified atom stereocenters. The van der Waals surface area contributed by atoms with E-state index in [0.717, 1.165) is 55.1 Å². The molecular weight excluding hydrogens is 350 g/mol. The van der Waals surface area contributed by atoms with E-state index in [9.17, 15) is 4.79 Å². The zero-order valence-electron chi connectivity index (χ0n) is 16.2. The van der Waals surface area contributed by atoms with Gasteiger partial charge in [0, 0.05) is 18.0 Å². The first kappa shape index (κ1) is 17.7. The number of likely N-dealkylation sites (tertiary alicyclic amines) is 1. The maximum Gasteiger partial charge on any atom is 0.166 e. The van der Waals surface area contributed by atoms with E-state index in [1.165, 1.54) is 18.4 Å². The first-order valence-corrected chi connectivity index (χ1v) is 10.5. The van der Waals surface area contributed by atoms with Crippen LogP contribution < -0.4 is 9.47 Å². The lowest BCUT2D eigenvalue weighted by Crippen LogP contribution is -2.34. The van der Waals surface area contributed by atoms with Crippen molar-refractivity contribution in [3.63, 3.8) is 0 Å². The second-order valence-electron chi connectivity index (χ2n) is 8.36. The second-order valence-corrected chi connectivity index (χ2v) is 8.36. The minimum Gasteiger partial charge on any atom is -0.486 e. The number of hydrogen-bond acceptors (Lipinski definition) is 4. The lowest BCUT2D eigenvalue weighted by Gasteiger charge is -2.32. The van der Waals surface area contributed by atoms with Gasteiger partial charge in [0.2, 0.25) is 0 Å². The predicted octanol–water partition coefficient (Wildman–Crippen LogP) is 4.12. The second kappa shape index (κ2) is 7.59. The van der Waals surface area contributed by atoms with Crippen molar-refractivity contribution in [2.75, 3.05) is 26.3 Å². The van der Waals surface area contributed by atoms with E-state index in [0.29, 0.717) is 24.9 Å². The molecule has 0 spiro atoms. The molecule has 0 bridgehead atoms. The highest BCUT2D eigenvalue weighted by atomic mass is 16.6. The zero-order chi connectivity index (χ0) is 18.9. The molecule has 4 nitrogen and oxygen atoms in total. The Labute approximate surface area is 166 Å². The molecule has 0 amide bonds. The van der Waals surface area contributed by atoms with Gasteiger partial charge in [-0.2, -0.15) is 0 Å². The topological polar surface area (TPSA) is 38.8 Å². The van der Waals surface area contributed by atoms with Crippen LogP contribution in [0.4, 0.5) is 0 Å². The Hall–Kier alpha value is -2.33. The minimum absolute atomic E-state index is 0.129. The Kier molecular flexibility index (Phi) is 4.81. The molecule has 2 aliphatic heterocycles. The number of carbonyl (C=O) groups excluding carboxylic acids is 1. The molecule has 28 heavy (non-hydrogen) atoms. The lowest BCUT2D eigenvalue weighted by molar-refractivity contribution is 0.0895. The third-order valence-electron chi connectivity index (χ3n) is 6.44. The standard InChI is InChI=1S/C24H27NO3/c26-24-20(13-19-14-22-23(15-21(19)24)28-11-10-27-22)12-17-6-8-25(9-7-17)16-18-4-2-1-3-5-18/h1-5,14-15,17,20H,6-13,16H2. The van der Waals surface area contributed by atoms with Gasteiger partial charge in [-0.25, -0.2) is 0 Å². The summed E-state index contributed by atoms with van der Waals surface area (Å²) in [5, 5.41) is 0. The number of hydrogen-bond donors (Lipinski definition) is 0. The van der Waals surface area contributed by atoms with Crippen LogP contribution in [0.5, 0.6) is 11.5 Å². The Morgan fingerprint density at radius 1 is 0.964 bits per heavy atom. The summed E-state index contributed by atoms with van der Waals surface area (Å²) in [7, 11) is 0. The van der Waals surface area contributed by atoms with E-state index in [1.807, 2.05) is 12.1 Å². The van der Waals surface area contributed by atoms with Crippen molar-refractivity contribution in [1.29, 1.82) is 0 Å². The first-order chi connectivity index (χ1) is 13.8. The number of ether oxygens (including phenoxy) is 2. The Balaban J connectivity index is 1.18. The fourth-order valence-electron chi connectivity index (χ4n) is 4.92. The van der Waals surface area contributed by atoms with Crippen LogP contribution in [0, 0.1) is 11.8 Å². The van der Waals surface area contributed by atoms with Crippen LogP contribution in [0.1, 0.15) is 40.7 Å². The number of benzene rings is 2. The highest BCUT2D eigenvalue weighted by Gasteiger charge is 2.35. The van der Waals surface area contributed by atoms with Gasteiger partial charge in [0.1, 0.15) is 13.2 Å². The largest absolute Gasteiger partial charge is 0.486 e. The highest BCUT2D eigenvalue weighted by Crippen LogP contribution is 2.40. The van der Waals surface area contributed by atoms with Gasteiger partial charge in [-0.05, 0) is 68.0 Å². The summed E-state index contributed by atoms with van der Waals surface area (Å²) < 4.78 is 11.3. The van der Waals surface area contributed by atoms with Gasteiger partial charge in [-0.1, -0.05) is 30.3 Å². The van der Waals surface area contributed by atoms with E-state index in [-0.39, 0.29) is 5.92 Å². The van der Waals surface area contributed by atoms with Crippen LogP contribution in [0.15, 0.2) is 42.5 Å². The average molecular weight is 377 g/mol. The molecule has 1 saturated heterocycles. The van der Waals surface area contributed by atoms with Crippen LogP contribution in [0.25, 0.3) is 0 Å². The molecule has 0 aromatic heterocycles. The summed E-state index contributed by atoms with van der Waals surface area (Å²) in [5.74, 6) is 2.61. The van der Waals surface area contributed by atoms with Crippen molar-refractivity contribution in [1.82, 2.24) is 4.90 Å². The third-order valence-corrected chi connectivity index (χ3v) is 6.44. The van der Waals surface area contributed by atoms with Gasteiger partial charge in [0.05, 0.1) is 0 Å². The van der Waals surface area contributed by atoms with Gasteiger partial charge in [0.15, 0.2) is 17.3 Å². The summed E-state index contributed by atoms with van der Waals surface area (Å²) in [6.07, 6.45) is 4.25. The molecule has 0 N–H and O–H groups in total. The molecule has 1 fully saturated rings. The zero-order valence-corrected chi connectivity index (χ0v) is 16.2. The number of carbonyl (C=O) groups is 1. The van der Waals surface area contributed by atoms with Crippen molar-refractivity contribution in [2.45, 2.75) is 32.2 Å². The lowest BCUT2D eigenvalue weighted by atomic mass is 9.85. The van der Waals surface area contributed by atoms with E-state index < -0.39 is 0 Å². The number of ketones is 1. The maximum atomic E-state index is 13.0. The average Bonchev–Trinajstić information content (AvgIpc) is 3.03. The normalized spacial score (nSPS) is 22.3. The highest BCUT2D eigenvalue weighted by molar-refractivity contribution is 6.02. The Bertz CT molecular complexity index is 856. The minimum atomic E-state index is 0.129. The van der Waals surface area contributed by atoms with Crippen LogP contribution >= 0.6 is 0 Å². The first-order valence-electron chi connectivity index (χ1n) is 10.5. The summed E-state index contributed by atoms with van der Waals surface area (Å²) in [6.45, 7) is 4.44. The van der Waals surface area contributed by atoms with E-state index in [2.05, 4.69) is 35.2 Å². The monoisotopic (exact) mass is 377 g/mol. The molecule has 146 valence electrons. The van der Waals surface area contributed by atoms with Crippen molar-refractivity contribution in [3.8, 4) is 11.5 Å².